The van der Waals surface area contributed by atoms with Gasteiger partial charge in [0, 0.05) is 34.6 Å². The highest BCUT2D eigenvalue weighted by Gasteiger charge is 2.36. The van der Waals surface area contributed by atoms with Crippen molar-refractivity contribution in [2.24, 2.45) is 0 Å². The Balaban J connectivity index is 1.58. The second kappa shape index (κ2) is 16.4. The van der Waals surface area contributed by atoms with Crippen molar-refractivity contribution in [2.75, 3.05) is 18.0 Å². The van der Waals surface area contributed by atoms with Gasteiger partial charge in [-0.1, -0.05) is 97.1 Å². The quantitative estimate of drug-likeness (QED) is 0.158. The minimum absolute atomic E-state index is 0.0142. The third kappa shape index (κ3) is 8.69. The summed E-state index contributed by atoms with van der Waals surface area (Å²) in [5, 5.41) is 3.86. The fraction of sp³-hybridized carbons (Fsp3) is 0.297. The van der Waals surface area contributed by atoms with Crippen molar-refractivity contribution >= 4 is 50.7 Å². The van der Waals surface area contributed by atoms with E-state index in [1.165, 1.54) is 24.1 Å². The number of halogens is 2. The first-order valence-corrected chi connectivity index (χ1v) is 18.2. The van der Waals surface area contributed by atoms with Gasteiger partial charge >= 0.3 is 0 Å². The molecule has 1 atom stereocenters. The standard InChI is InChI=1S/C37H39Cl2N3O5S/c1-47-30-22-20-29(21-23-30)42(48(45,46)31-16-9-4-10-17-31)26-36(43)41(25-32-33(38)18-11-19-34(32)39)35(24-27-12-5-2-6-13-27)37(44)40-28-14-7-3-8-15-28/h2,4-6,9-13,16-23,28,35H,3,7-8,14-15,24-26H2,1H3,(H,40,44)/t35-/m1/s1. The Bertz CT molecular complexity index is 1760. The van der Waals surface area contributed by atoms with Gasteiger partial charge in [-0.05, 0) is 66.9 Å². The lowest BCUT2D eigenvalue weighted by molar-refractivity contribution is -0.140. The summed E-state index contributed by atoms with van der Waals surface area (Å²) in [6.07, 6.45) is 5.05. The van der Waals surface area contributed by atoms with Crippen LogP contribution in [0.3, 0.4) is 0 Å². The highest BCUT2D eigenvalue weighted by Crippen LogP contribution is 2.30. The second-order valence-electron chi connectivity index (χ2n) is 11.8. The molecule has 0 saturated heterocycles. The number of nitrogens with one attached hydrogen (secondary N) is 1. The maximum absolute atomic E-state index is 14.7. The summed E-state index contributed by atoms with van der Waals surface area (Å²) in [6.45, 7) is -0.706. The zero-order valence-corrected chi connectivity index (χ0v) is 29.1. The molecule has 0 spiro atoms. The number of sulfonamides is 1. The maximum Gasteiger partial charge on any atom is 0.264 e. The van der Waals surface area contributed by atoms with Crippen LogP contribution in [0.5, 0.6) is 5.75 Å². The molecule has 0 bridgehead atoms. The van der Waals surface area contributed by atoms with Gasteiger partial charge in [0.15, 0.2) is 0 Å². The molecular weight excluding hydrogens is 669 g/mol. The topological polar surface area (TPSA) is 96.0 Å². The molecule has 1 aliphatic carbocycles. The number of benzene rings is 4. The number of rotatable bonds is 13. The monoisotopic (exact) mass is 707 g/mol. The van der Waals surface area contributed by atoms with Crippen LogP contribution in [0.15, 0.2) is 108 Å². The number of hydrogen-bond donors (Lipinski definition) is 1. The van der Waals surface area contributed by atoms with Gasteiger partial charge in [-0.2, -0.15) is 0 Å². The number of nitrogens with zero attached hydrogens (tertiary/aromatic N) is 2. The number of amides is 2. The van der Waals surface area contributed by atoms with Crippen molar-refractivity contribution in [3.05, 3.63) is 124 Å². The van der Waals surface area contributed by atoms with Crippen LogP contribution in [0, 0.1) is 0 Å². The van der Waals surface area contributed by atoms with E-state index in [1.807, 2.05) is 30.3 Å². The molecule has 0 heterocycles. The predicted molar refractivity (Wildman–Crippen MR) is 190 cm³/mol. The minimum Gasteiger partial charge on any atom is -0.497 e. The lowest BCUT2D eigenvalue weighted by Crippen LogP contribution is -2.55. The van der Waals surface area contributed by atoms with Crippen molar-refractivity contribution in [3.8, 4) is 5.75 Å². The molecule has 5 rings (SSSR count). The zero-order chi connectivity index (χ0) is 34.1. The van der Waals surface area contributed by atoms with Gasteiger partial charge in [0.2, 0.25) is 11.8 Å². The molecule has 4 aromatic rings. The van der Waals surface area contributed by atoms with E-state index in [0.29, 0.717) is 21.4 Å². The lowest BCUT2D eigenvalue weighted by Gasteiger charge is -2.35. The van der Waals surface area contributed by atoms with Crippen molar-refractivity contribution in [1.29, 1.82) is 0 Å². The number of anilines is 1. The molecule has 0 unspecified atom stereocenters. The van der Waals surface area contributed by atoms with Gasteiger partial charge in [-0.15, -0.1) is 0 Å². The highest BCUT2D eigenvalue weighted by molar-refractivity contribution is 7.92. The minimum atomic E-state index is -4.23. The van der Waals surface area contributed by atoms with Gasteiger partial charge in [0.25, 0.3) is 10.0 Å². The number of ether oxygens (including phenoxy) is 1. The Morgan fingerprint density at radius 3 is 2.04 bits per heavy atom. The van der Waals surface area contributed by atoms with E-state index in [4.69, 9.17) is 27.9 Å². The summed E-state index contributed by atoms with van der Waals surface area (Å²) < 4.78 is 34.7. The van der Waals surface area contributed by atoms with Crippen molar-refractivity contribution in [3.63, 3.8) is 0 Å². The van der Waals surface area contributed by atoms with Crippen LogP contribution in [0.4, 0.5) is 5.69 Å². The highest BCUT2D eigenvalue weighted by atomic mass is 35.5. The number of methoxy groups -OCH3 is 1. The van der Waals surface area contributed by atoms with Crippen molar-refractivity contribution < 1.29 is 22.7 Å². The predicted octanol–water partition coefficient (Wildman–Crippen LogP) is 7.29. The zero-order valence-electron chi connectivity index (χ0n) is 26.7. The van der Waals surface area contributed by atoms with E-state index >= 15 is 0 Å². The summed E-state index contributed by atoms with van der Waals surface area (Å²) in [6, 6.07) is 27.8. The molecule has 1 fully saturated rings. The van der Waals surface area contributed by atoms with Crippen LogP contribution in [-0.4, -0.2) is 50.9 Å². The Kier molecular flexibility index (Phi) is 12.0. The first-order chi connectivity index (χ1) is 23.2. The van der Waals surface area contributed by atoms with Gasteiger partial charge in [0.1, 0.15) is 18.3 Å². The van der Waals surface area contributed by atoms with Gasteiger partial charge in [0.05, 0.1) is 17.7 Å². The average Bonchev–Trinajstić information content (AvgIpc) is 3.11. The molecule has 0 radical (unpaired) electrons. The third-order valence-corrected chi connectivity index (χ3v) is 11.1. The SMILES string of the molecule is COc1ccc(N(CC(=O)N(Cc2c(Cl)cccc2Cl)[C@H](Cc2ccccc2)C(=O)NC2CCCCC2)S(=O)(=O)c2ccccc2)cc1. The summed E-state index contributed by atoms with van der Waals surface area (Å²) >= 11 is 13.2. The second-order valence-corrected chi connectivity index (χ2v) is 14.5. The molecule has 1 N–H and O–H groups in total. The first kappa shape index (κ1) is 35.3. The van der Waals surface area contributed by atoms with Gasteiger partial charge in [-0.25, -0.2) is 8.42 Å². The fourth-order valence-corrected chi connectivity index (χ4v) is 7.90. The summed E-state index contributed by atoms with van der Waals surface area (Å²) in [4.78, 5) is 30.4. The number of hydrogen-bond acceptors (Lipinski definition) is 5. The molecule has 1 saturated carbocycles. The van der Waals surface area contributed by atoms with Crippen molar-refractivity contribution in [2.45, 2.75) is 62.0 Å². The largest absolute Gasteiger partial charge is 0.497 e. The Hall–Kier alpha value is -4.05. The Morgan fingerprint density at radius 2 is 1.44 bits per heavy atom. The molecule has 48 heavy (non-hydrogen) atoms. The van der Waals surface area contributed by atoms with E-state index in [1.54, 1.807) is 60.7 Å². The van der Waals surface area contributed by atoms with Crippen LogP contribution in [0.1, 0.15) is 43.2 Å². The molecule has 4 aromatic carbocycles. The Labute approximate surface area is 292 Å². The number of carbonyl (C=O) groups is 2. The van der Waals surface area contributed by atoms with Crippen LogP contribution < -0.4 is 14.4 Å². The number of carbonyl (C=O) groups excluding carboxylic acids is 2. The molecular formula is C37H39Cl2N3O5S. The van der Waals surface area contributed by atoms with E-state index in [2.05, 4.69) is 5.32 Å². The average molecular weight is 709 g/mol. The van der Waals surface area contributed by atoms with E-state index in [-0.39, 0.29) is 35.5 Å². The smallest absolute Gasteiger partial charge is 0.264 e. The lowest BCUT2D eigenvalue weighted by atomic mass is 9.94. The molecule has 0 aromatic heterocycles. The molecule has 2 amide bonds. The normalized spacial score (nSPS) is 14.1. The summed E-state index contributed by atoms with van der Waals surface area (Å²) in [5.74, 6) is -0.385. The fourth-order valence-electron chi connectivity index (χ4n) is 5.95. The van der Waals surface area contributed by atoms with E-state index < -0.39 is 28.5 Å². The summed E-state index contributed by atoms with van der Waals surface area (Å²) in [7, 11) is -2.71. The van der Waals surface area contributed by atoms with E-state index in [9.17, 15) is 18.0 Å². The van der Waals surface area contributed by atoms with Crippen LogP contribution in [0.2, 0.25) is 10.0 Å². The molecule has 252 valence electrons. The Morgan fingerprint density at radius 1 is 0.833 bits per heavy atom. The van der Waals surface area contributed by atoms with Crippen LogP contribution >= 0.6 is 23.2 Å². The molecule has 8 nitrogen and oxygen atoms in total. The van der Waals surface area contributed by atoms with Gasteiger partial charge < -0.3 is 15.0 Å². The van der Waals surface area contributed by atoms with Crippen LogP contribution in [-0.2, 0) is 32.6 Å². The van der Waals surface area contributed by atoms with Crippen LogP contribution in [0.25, 0.3) is 0 Å². The van der Waals surface area contributed by atoms with Gasteiger partial charge in [-0.3, -0.25) is 13.9 Å². The molecule has 0 aliphatic heterocycles. The summed E-state index contributed by atoms with van der Waals surface area (Å²) in [5.41, 5.74) is 1.56. The maximum atomic E-state index is 14.7. The third-order valence-electron chi connectivity index (χ3n) is 8.58. The molecule has 11 heteroatoms. The van der Waals surface area contributed by atoms with E-state index in [0.717, 1.165) is 42.0 Å². The first-order valence-electron chi connectivity index (χ1n) is 16.0. The van der Waals surface area contributed by atoms with Crippen molar-refractivity contribution in [1.82, 2.24) is 10.2 Å². The molecule has 1 aliphatic rings.